The number of carboxylic acids is 1. The van der Waals surface area contributed by atoms with Crippen LogP contribution in [0.2, 0.25) is 0 Å². The molecule has 0 saturated carbocycles. The molecule has 1 fully saturated rings. The Kier molecular flexibility index (Phi) is 3.57. The maximum Gasteiger partial charge on any atom is 0.339 e. The second-order valence-corrected chi connectivity index (χ2v) is 4.57. The largest absolute Gasteiger partial charge is 0.497 e. The van der Waals surface area contributed by atoms with E-state index < -0.39 is 11.6 Å². The average Bonchev–Trinajstić information content (AvgIpc) is 3.12. The van der Waals surface area contributed by atoms with E-state index in [1.54, 1.807) is 7.11 Å². The lowest BCUT2D eigenvalue weighted by molar-refractivity contribution is -0.143. The Morgan fingerprint density at radius 1 is 1.44 bits per heavy atom. The molecule has 18 heavy (non-hydrogen) atoms. The molecule has 0 unspecified atom stereocenters. The van der Waals surface area contributed by atoms with Crippen molar-refractivity contribution < 1.29 is 19.4 Å². The van der Waals surface area contributed by atoms with Gasteiger partial charge >= 0.3 is 5.97 Å². The highest BCUT2D eigenvalue weighted by atomic mass is 16.6. The zero-order valence-electron chi connectivity index (χ0n) is 10.7. The third kappa shape index (κ3) is 2.20. The van der Waals surface area contributed by atoms with Crippen LogP contribution in [0.3, 0.4) is 0 Å². The van der Waals surface area contributed by atoms with Gasteiger partial charge < -0.3 is 14.6 Å². The normalized spacial score (nSPS) is 25.8. The lowest BCUT2D eigenvalue weighted by atomic mass is 9.94. The number of aliphatic carboxylic acids is 1. The first-order valence-electron chi connectivity index (χ1n) is 6.19. The molecule has 1 N–H and O–H groups in total. The van der Waals surface area contributed by atoms with Crippen molar-refractivity contribution in [1.82, 2.24) is 0 Å². The summed E-state index contributed by atoms with van der Waals surface area (Å²) in [5.41, 5.74) is -0.112. The molecule has 1 aliphatic rings. The van der Waals surface area contributed by atoms with Gasteiger partial charge in [0.05, 0.1) is 7.11 Å². The minimum Gasteiger partial charge on any atom is -0.497 e. The van der Waals surface area contributed by atoms with Crippen LogP contribution < -0.4 is 4.74 Å². The standard InChI is InChI=1S/C14H18O4/c1-3-4-9-14(13(15)16)12(18-14)10-5-7-11(17-2)8-6-10/h5-8,12H,3-4,9H2,1-2H3,(H,15,16)/t12-,14+/m0/s1. The van der Waals surface area contributed by atoms with Crippen molar-refractivity contribution in [2.24, 2.45) is 0 Å². The van der Waals surface area contributed by atoms with E-state index in [2.05, 4.69) is 0 Å². The predicted octanol–water partition coefficient (Wildman–Crippen LogP) is 2.78. The number of ether oxygens (including phenoxy) is 2. The summed E-state index contributed by atoms with van der Waals surface area (Å²) in [6, 6.07) is 7.37. The minimum absolute atomic E-state index is 0.326. The van der Waals surface area contributed by atoms with E-state index in [0.717, 1.165) is 24.2 Å². The monoisotopic (exact) mass is 250 g/mol. The molecule has 4 nitrogen and oxygen atoms in total. The van der Waals surface area contributed by atoms with Gasteiger partial charge in [0, 0.05) is 0 Å². The fraction of sp³-hybridized carbons (Fsp3) is 0.500. The van der Waals surface area contributed by atoms with Gasteiger partial charge in [0.25, 0.3) is 0 Å². The van der Waals surface area contributed by atoms with E-state index in [1.165, 1.54) is 0 Å². The van der Waals surface area contributed by atoms with Crippen LogP contribution in [-0.4, -0.2) is 23.8 Å². The molecule has 1 aliphatic heterocycles. The van der Waals surface area contributed by atoms with Crippen molar-refractivity contribution in [3.05, 3.63) is 29.8 Å². The molecule has 98 valence electrons. The van der Waals surface area contributed by atoms with Gasteiger partial charge in [-0.25, -0.2) is 4.79 Å². The van der Waals surface area contributed by atoms with Crippen molar-refractivity contribution in [3.63, 3.8) is 0 Å². The van der Waals surface area contributed by atoms with E-state index in [1.807, 2.05) is 31.2 Å². The number of epoxide rings is 1. The minimum atomic E-state index is -1.01. The summed E-state index contributed by atoms with van der Waals surface area (Å²) in [6.07, 6.45) is 2.06. The van der Waals surface area contributed by atoms with Crippen LogP contribution in [0.4, 0.5) is 0 Å². The maximum atomic E-state index is 11.3. The molecule has 1 aromatic rings. The second kappa shape index (κ2) is 4.98. The smallest absolute Gasteiger partial charge is 0.339 e. The highest BCUT2D eigenvalue weighted by Gasteiger charge is 2.62. The average molecular weight is 250 g/mol. The molecule has 0 amide bonds. The molecule has 2 rings (SSSR count). The molecule has 0 radical (unpaired) electrons. The molecule has 1 aromatic carbocycles. The summed E-state index contributed by atoms with van der Waals surface area (Å²) < 4.78 is 10.6. The highest BCUT2D eigenvalue weighted by Crippen LogP contribution is 2.53. The summed E-state index contributed by atoms with van der Waals surface area (Å²) in [5, 5.41) is 9.31. The van der Waals surface area contributed by atoms with E-state index in [4.69, 9.17) is 9.47 Å². The summed E-state index contributed by atoms with van der Waals surface area (Å²) >= 11 is 0. The third-order valence-corrected chi connectivity index (χ3v) is 3.38. The molecule has 2 atom stereocenters. The predicted molar refractivity (Wildman–Crippen MR) is 66.7 cm³/mol. The quantitative estimate of drug-likeness (QED) is 0.789. The fourth-order valence-electron chi connectivity index (χ4n) is 2.19. The molecule has 0 bridgehead atoms. The Labute approximate surface area is 107 Å². The third-order valence-electron chi connectivity index (χ3n) is 3.38. The number of rotatable bonds is 6. The van der Waals surface area contributed by atoms with Gasteiger partial charge in [-0.2, -0.15) is 0 Å². The van der Waals surface area contributed by atoms with Gasteiger partial charge in [-0.1, -0.05) is 31.9 Å². The first kappa shape index (κ1) is 12.9. The Balaban J connectivity index is 2.12. The van der Waals surface area contributed by atoms with Gasteiger partial charge in [-0.05, 0) is 24.1 Å². The zero-order chi connectivity index (χ0) is 13.2. The van der Waals surface area contributed by atoms with Crippen LogP contribution in [-0.2, 0) is 9.53 Å². The fourth-order valence-corrected chi connectivity index (χ4v) is 2.19. The summed E-state index contributed by atoms with van der Waals surface area (Å²) in [5.74, 6) is -0.106. The topological polar surface area (TPSA) is 59.1 Å². The number of carboxylic acid groups (broad SMARTS) is 1. The Bertz CT molecular complexity index is 426. The van der Waals surface area contributed by atoms with E-state index in [0.29, 0.717) is 6.42 Å². The molecular weight excluding hydrogens is 232 g/mol. The Hall–Kier alpha value is -1.55. The molecular formula is C14H18O4. The van der Waals surface area contributed by atoms with Crippen LogP contribution >= 0.6 is 0 Å². The van der Waals surface area contributed by atoms with Crippen LogP contribution in [0.15, 0.2) is 24.3 Å². The molecule has 1 heterocycles. The number of hydrogen-bond acceptors (Lipinski definition) is 3. The number of unbranched alkanes of at least 4 members (excludes halogenated alkanes) is 1. The van der Waals surface area contributed by atoms with Crippen LogP contribution in [0.1, 0.15) is 37.9 Å². The molecule has 4 heteroatoms. The number of methoxy groups -OCH3 is 1. The van der Waals surface area contributed by atoms with Crippen LogP contribution in [0.5, 0.6) is 5.75 Å². The SMILES string of the molecule is CCCC[C@@]1(C(=O)O)O[C@H]1c1ccc(OC)cc1. The van der Waals surface area contributed by atoms with E-state index in [-0.39, 0.29) is 6.10 Å². The lowest BCUT2D eigenvalue weighted by Crippen LogP contribution is -2.24. The van der Waals surface area contributed by atoms with E-state index in [9.17, 15) is 9.90 Å². The Morgan fingerprint density at radius 2 is 2.11 bits per heavy atom. The van der Waals surface area contributed by atoms with Crippen molar-refractivity contribution in [3.8, 4) is 5.75 Å². The zero-order valence-corrected chi connectivity index (χ0v) is 10.7. The van der Waals surface area contributed by atoms with Gasteiger partial charge in [-0.3, -0.25) is 0 Å². The van der Waals surface area contributed by atoms with Gasteiger partial charge in [0.1, 0.15) is 11.9 Å². The van der Waals surface area contributed by atoms with Crippen molar-refractivity contribution in [1.29, 1.82) is 0 Å². The van der Waals surface area contributed by atoms with Gasteiger partial charge in [0.15, 0.2) is 5.60 Å². The van der Waals surface area contributed by atoms with Crippen molar-refractivity contribution >= 4 is 5.97 Å². The second-order valence-electron chi connectivity index (χ2n) is 4.57. The highest BCUT2D eigenvalue weighted by molar-refractivity contribution is 5.82. The number of carbonyl (C=O) groups is 1. The lowest BCUT2D eigenvalue weighted by Gasteiger charge is -2.07. The van der Waals surface area contributed by atoms with Gasteiger partial charge in [0.2, 0.25) is 0 Å². The van der Waals surface area contributed by atoms with Crippen LogP contribution in [0.25, 0.3) is 0 Å². The van der Waals surface area contributed by atoms with E-state index >= 15 is 0 Å². The van der Waals surface area contributed by atoms with Crippen LogP contribution in [0, 0.1) is 0 Å². The summed E-state index contributed by atoms with van der Waals surface area (Å²) in [6.45, 7) is 2.04. The molecule has 0 spiro atoms. The first-order chi connectivity index (χ1) is 8.64. The molecule has 0 aliphatic carbocycles. The number of benzene rings is 1. The van der Waals surface area contributed by atoms with Crippen molar-refractivity contribution in [2.45, 2.75) is 37.9 Å². The Morgan fingerprint density at radius 3 is 2.61 bits per heavy atom. The van der Waals surface area contributed by atoms with Crippen molar-refractivity contribution in [2.75, 3.05) is 7.11 Å². The molecule has 1 saturated heterocycles. The summed E-state index contributed by atoms with van der Waals surface area (Å²) in [7, 11) is 1.60. The molecule has 0 aromatic heterocycles. The van der Waals surface area contributed by atoms with Gasteiger partial charge in [-0.15, -0.1) is 0 Å². The first-order valence-corrected chi connectivity index (χ1v) is 6.19. The maximum absolute atomic E-state index is 11.3. The summed E-state index contributed by atoms with van der Waals surface area (Å²) in [4.78, 5) is 11.3. The number of hydrogen-bond donors (Lipinski definition) is 1.